The van der Waals surface area contributed by atoms with Crippen molar-refractivity contribution >= 4 is 55.1 Å². The molecule has 6 N–H and O–H groups in total. The molecule has 0 spiro atoms. The van der Waals surface area contributed by atoms with Crippen molar-refractivity contribution < 1.29 is 47.2 Å². The van der Waals surface area contributed by atoms with Gasteiger partial charge in [-0.1, -0.05) is 168 Å². The Hall–Kier alpha value is -5.24. The fourth-order valence-corrected chi connectivity index (χ4v) is 11.0. The number of phenolic OH excluding ortho intramolecular Hbond substituents is 1. The van der Waals surface area contributed by atoms with E-state index in [2.05, 4.69) is 19.2 Å². The lowest BCUT2D eigenvalue weighted by atomic mass is 9.89. The molecule has 16 heteroatoms. The van der Waals surface area contributed by atoms with Crippen LogP contribution in [0.1, 0.15) is 217 Å². The normalized spacial score (nSPS) is 13.4. The smallest absolute Gasteiger partial charge is 0.306 e. The maximum absolute atomic E-state index is 14.4. The van der Waals surface area contributed by atoms with Crippen LogP contribution in [0.25, 0.3) is 33.4 Å². The lowest BCUT2D eigenvalue weighted by molar-refractivity contribution is -0.161. The number of anilines is 2. The number of hydrogen-bond donors (Lipinski definition) is 4. The largest absolute Gasteiger partial charge is 0.508 e. The van der Waals surface area contributed by atoms with E-state index in [1.807, 2.05) is 0 Å². The molecular formula is C63H95N4O11P. The Labute approximate surface area is 472 Å². The molecule has 2 heterocycles. The molecule has 0 radical (unpaired) electrons. The highest BCUT2D eigenvalue weighted by atomic mass is 31.1. The van der Waals surface area contributed by atoms with Crippen LogP contribution in [0.5, 0.6) is 5.75 Å². The Morgan fingerprint density at radius 3 is 1.78 bits per heavy atom. The summed E-state index contributed by atoms with van der Waals surface area (Å²) in [5.41, 5.74) is 15.2. The molecule has 2 aromatic rings. The molecule has 15 nitrogen and oxygen atoms in total. The fraction of sp³-hybridized carbons (Fsp3) is 0.635. The fourth-order valence-electron chi connectivity index (χ4n) is 10.5. The first-order valence-corrected chi connectivity index (χ1v) is 31.1. The van der Waals surface area contributed by atoms with Crippen LogP contribution in [0.2, 0.25) is 0 Å². The Morgan fingerprint density at radius 2 is 1.20 bits per heavy atom. The molecule has 5 rings (SSSR count). The number of carbonyl (C=O) groups is 4. The number of fused-ring (bicyclic) bond motifs is 2. The van der Waals surface area contributed by atoms with Gasteiger partial charge in [0, 0.05) is 72.6 Å². The monoisotopic (exact) mass is 1110 g/mol. The first kappa shape index (κ1) is 64.6. The first-order chi connectivity index (χ1) is 38.5. The molecule has 0 aromatic heterocycles. The summed E-state index contributed by atoms with van der Waals surface area (Å²) in [5, 5.41) is 13.8. The van der Waals surface area contributed by atoms with Crippen molar-refractivity contribution in [1.29, 1.82) is 0 Å². The van der Waals surface area contributed by atoms with E-state index in [4.69, 9.17) is 34.4 Å². The summed E-state index contributed by atoms with van der Waals surface area (Å²) in [6.45, 7) is 5.50. The van der Waals surface area contributed by atoms with Gasteiger partial charge in [-0.25, -0.2) is 0 Å². The molecule has 2 unspecified atom stereocenters. The second-order valence-electron chi connectivity index (χ2n) is 21.7. The molecule has 1 saturated heterocycles. The SMILES string of the molecule is CCCCCCCCCCCCCCCC(=O)OCC(COPOCCNC(=O)C1CCN(C(=O)c2cc(N)c(N)cc2-c2c3ccc(=O)cc-3oc3cc(O)ccc23)CC1)OC(=O)CCCCCCCCCCCCCCC. The van der Waals surface area contributed by atoms with Crippen LogP contribution in [0.4, 0.5) is 11.4 Å². The number of nitrogens with zero attached hydrogens (tertiary/aromatic N) is 1. The molecule has 2 atom stereocenters. The van der Waals surface area contributed by atoms with E-state index >= 15 is 0 Å². The summed E-state index contributed by atoms with van der Waals surface area (Å²) in [4.78, 5) is 67.4. The quantitative estimate of drug-likeness (QED) is 0.0107. The number of esters is 2. The summed E-state index contributed by atoms with van der Waals surface area (Å²) < 4.78 is 28.9. The number of ether oxygens (including phenoxy) is 2. The molecule has 2 aliphatic heterocycles. The summed E-state index contributed by atoms with van der Waals surface area (Å²) in [6, 6.07) is 12.3. The van der Waals surface area contributed by atoms with Gasteiger partial charge < -0.3 is 49.7 Å². The van der Waals surface area contributed by atoms with E-state index < -0.39 is 15.1 Å². The van der Waals surface area contributed by atoms with Crippen molar-refractivity contribution in [3.05, 3.63) is 64.3 Å². The molecule has 0 bridgehead atoms. The van der Waals surface area contributed by atoms with Crippen molar-refractivity contribution in [1.82, 2.24) is 10.2 Å². The third-order valence-corrected chi connectivity index (χ3v) is 15.7. The van der Waals surface area contributed by atoms with Crippen molar-refractivity contribution in [3.8, 4) is 28.2 Å². The average Bonchev–Trinajstić information content (AvgIpc) is 3.50. The highest BCUT2D eigenvalue weighted by Crippen LogP contribution is 2.44. The highest BCUT2D eigenvalue weighted by molar-refractivity contribution is 7.26. The van der Waals surface area contributed by atoms with E-state index in [1.54, 1.807) is 29.2 Å². The summed E-state index contributed by atoms with van der Waals surface area (Å²) in [6.07, 6.45) is 32.5. The Balaban J connectivity index is 1.01. The number of aromatic hydroxyl groups is 1. The number of piperidine rings is 1. The van der Waals surface area contributed by atoms with E-state index in [-0.39, 0.29) is 84.3 Å². The average molecular weight is 1120 g/mol. The predicted octanol–water partition coefficient (Wildman–Crippen LogP) is 14.4. The van der Waals surface area contributed by atoms with Crippen molar-refractivity contribution in [2.45, 2.75) is 213 Å². The number of likely N-dealkylation sites (tertiary alicyclic amines) is 1. The van der Waals surface area contributed by atoms with Crippen LogP contribution in [0.15, 0.2) is 57.7 Å². The van der Waals surface area contributed by atoms with Gasteiger partial charge in [0.05, 0.1) is 24.6 Å². The van der Waals surface area contributed by atoms with Gasteiger partial charge in [-0.3, -0.25) is 24.0 Å². The highest BCUT2D eigenvalue weighted by Gasteiger charge is 2.31. The molecular weight excluding hydrogens is 1020 g/mol. The second kappa shape index (κ2) is 37.6. The van der Waals surface area contributed by atoms with Crippen LogP contribution in [0, 0.1) is 5.92 Å². The summed E-state index contributed by atoms with van der Waals surface area (Å²) in [7, 11) is -0.392. The maximum Gasteiger partial charge on any atom is 0.306 e. The van der Waals surface area contributed by atoms with Gasteiger partial charge >= 0.3 is 11.9 Å². The van der Waals surface area contributed by atoms with Gasteiger partial charge in [0.2, 0.25) is 5.91 Å². The van der Waals surface area contributed by atoms with Crippen molar-refractivity contribution in [2.24, 2.45) is 5.92 Å². The zero-order valence-electron chi connectivity index (χ0n) is 47.9. The number of nitrogens with two attached hydrogens (primary N) is 2. The van der Waals surface area contributed by atoms with Gasteiger partial charge in [0.15, 0.2) is 20.6 Å². The molecule has 438 valence electrons. The Bertz CT molecular complexity index is 2460. The maximum atomic E-state index is 14.4. The standard InChI is InChI=1S/C63H95N4O11P/c1-3-5-7-9-11-13-15-17-19-21-23-25-27-29-59(70)74-45-50(77-60(71)30-28-26-24-22-20-18-16-14-12-10-8-6-4-2)46-76-79-75-40-37-66-62(72)47-35-38-67(39-36-47)63(73)54-44-56(65)55(64)43-53(54)61-51-33-31-48(68)41-57(51)78-58-42-49(69)32-34-52(58)61/h31-34,41-44,47,50,68,79H,3-30,35-40,45-46,64-65H2,1-2H3,(H,66,72). The molecule has 1 fully saturated rings. The lowest BCUT2D eigenvalue weighted by Crippen LogP contribution is -2.43. The minimum absolute atomic E-state index is 0.00405. The number of nitrogen functional groups attached to an aromatic ring is 2. The van der Waals surface area contributed by atoms with Gasteiger partial charge in [-0.05, 0) is 67.6 Å². The molecule has 0 saturated carbocycles. The molecule has 3 aliphatic rings. The molecule has 1 aliphatic carbocycles. The van der Waals surface area contributed by atoms with E-state index in [0.717, 1.165) is 38.5 Å². The van der Waals surface area contributed by atoms with Crippen LogP contribution < -0.4 is 22.2 Å². The van der Waals surface area contributed by atoms with Gasteiger partial charge in [0.1, 0.15) is 23.7 Å². The van der Waals surface area contributed by atoms with E-state index in [0.29, 0.717) is 72.0 Å². The molecule has 79 heavy (non-hydrogen) atoms. The number of phenols is 1. The molecule has 2 amide bonds. The number of nitrogens with one attached hydrogen (secondary N) is 1. The number of hydrogen-bond acceptors (Lipinski definition) is 13. The minimum Gasteiger partial charge on any atom is -0.508 e. The van der Waals surface area contributed by atoms with Crippen molar-refractivity contribution in [2.75, 3.05) is 50.9 Å². The minimum atomic E-state index is -0.764. The van der Waals surface area contributed by atoms with E-state index in [9.17, 15) is 29.1 Å². The van der Waals surface area contributed by atoms with Crippen molar-refractivity contribution in [3.63, 3.8) is 0 Å². The van der Waals surface area contributed by atoms with Crippen LogP contribution in [-0.4, -0.2) is 79.3 Å². The summed E-state index contributed by atoms with van der Waals surface area (Å²) in [5.74, 6) is -1.12. The van der Waals surface area contributed by atoms with Gasteiger partial charge in [-0.2, -0.15) is 0 Å². The first-order valence-electron chi connectivity index (χ1n) is 30.3. The number of unbranched alkanes of at least 4 members (excludes halogenated alkanes) is 24. The molecule has 2 aromatic carbocycles. The van der Waals surface area contributed by atoms with Gasteiger partial charge in [0.25, 0.3) is 5.91 Å². The number of carbonyl (C=O) groups excluding carboxylic acids is 4. The third-order valence-electron chi connectivity index (χ3n) is 15.1. The van der Waals surface area contributed by atoms with Gasteiger partial charge in [-0.15, -0.1) is 0 Å². The third kappa shape index (κ3) is 23.8. The second-order valence-corrected chi connectivity index (χ2v) is 22.5. The van der Waals surface area contributed by atoms with E-state index in [1.165, 1.54) is 153 Å². The van der Waals surface area contributed by atoms with Crippen LogP contribution >= 0.6 is 9.03 Å². The lowest BCUT2D eigenvalue weighted by Gasteiger charge is -2.32. The van der Waals surface area contributed by atoms with Crippen LogP contribution in [0.3, 0.4) is 0 Å². The zero-order valence-corrected chi connectivity index (χ0v) is 48.9. The Kier molecular flexibility index (Phi) is 30.8. The Morgan fingerprint density at radius 1 is 0.658 bits per heavy atom. The number of amides is 2. The predicted molar refractivity (Wildman–Crippen MR) is 318 cm³/mol. The number of benzene rings is 3. The topological polar surface area (TPSA) is 223 Å². The van der Waals surface area contributed by atoms with Crippen LogP contribution in [-0.2, 0) is 32.9 Å². The zero-order chi connectivity index (χ0) is 56.5. The number of rotatable bonds is 41. The summed E-state index contributed by atoms with van der Waals surface area (Å²) >= 11 is 0.